The van der Waals surface area contributed by atoms with E-state index in [2.05, 4.69) is 10.3 Å². The number of rotatable bonds is 4. The van der Waals surface area contributed by atoms with E-state index in [-0.39, 0.29) is 24.0 Å². The van der Waals surface area contributed by atoms with Gasteiger partial charge in [0.2, 0.25) is 11.8 Å². The summed E-state index contributed by atoms with van der Waals surface area (Å²) in [6.45, 7) is 3.86. The first-order valence-corrected chi connectivity index (χ1v) is 7.76. The van der Waals surface area contributed by atoms with Crippen LogP contribution in [0.4, 0.5) is 5.69 Å². The van der Waals surface area contributed by atoms with Gasteiger partial charge in [-0.05, 0) is 38.8 Å². The molecule has 0 aromatic carbocycles. The summed E-state index contributed by atoms with van der Waals surface area (Å²) in [5.74, 6) is 0.314. The SMILES string of the molecule is CC(C)Oc1ncccc1NC(=O)C1CCCCCC1N. The summed E-state index contributed by atoms with van der Waals surface area (Å²) in [4.78, 5) is 16.7. The van der Waals surface area contributed by atoms with Crippen molar-refractivity contribution in [2.75, 3.05) is 5.32 Å². The van der Waals surface area contributed by atoms with Crippen LogP contribution in [0.25, 0.3) is 0 Å². The molecule has 2 rings (SSSR count). The number of ether oxygens (including phenoxy) is 1. The van der Waals surface area contributed by atoms with Gasteiger partial charge in [-0.2, -0.15) is 0 Å². The predicted octanol–water partition coefficient (Wildman–Crippen LogP) is 2.71. The molecule has 1 aliphatic carbocycles. The van der Waals surface area contributed by atoms with E-state index < -0.39 is 0 Å². The summed E-state index contributed by atoms with van der Waals surface area (Å²) in [5.41, 5.74) is 6.76. The van der Waals surface area contributed by atoms with Gasteiger partial charge in [0.15, 0.2) is 0 Å². The summed E-state index contributed by atoms with van der Waals surface area (Å²) in [6.07, 6.45) is 6.77. The Morgan fingerprint density at radius 2 is 2.14 bits per heavy atom. The molecule has 1 aliphatic rings. The van der Waals surface area contributed by atoms with Crippen LogP contribution in [0.3, 0.4) is 0 Å². The standard InChI is InChI=1S/C16H25N3O2/c1-11(2)21-16-14(9-6-10-18-16)19-15(20)12-7-4-3-5-8-13(12)17/h6,9-13H,3-5,7-8,17H2,1-2H3,(H,19,20). The van der Waals surface area contributed by atoms with Crippen LogP contribution in [0, 0.1) is 5.92 Å². The molecule has 1 fully saturated rings. The normalized spacial score (nSPS) is 22.7. The molecule has 5 heteroatoms. The minimum Gasteiger partial charge on any atom is -0.473 e. The molecular formula is C16H25N3O2. The summed E-state index contributed by atoms with van der Waals surface area (Å²) in [5, 5.41) is 2.94. The highest BCUT2D eigenvalue weighted by Crippen LogP contribution is 2.26. The molecule has 0 radical (unpaired) electrons. The minimum absolute atomic E-state index is 0.00990. The van der Waals surface area contributed by atoms with Crippen LogP contribution in [-0.4, -0.2) is 23.0 Å². The molecule has 0 saturated heterocycles. The minimum atomic E-state index is -0.125. The molecule has 5 nitrogen and oxygen atoms in total. The van der Waals surface area contributed by atoms with Gasteiger partial charge in [0.1, 0.15) is 5.69 Å². The van der Waals surface area contributed by atoms with Crippen LogP contribution < -0.4 is 15.8 Å². The van der Waals surface area contributed by atoms with Crippen molar-refractivity contribution in [3.05, 3.63) is 18.3 Å². The number of hydrogen-bond acceptors (Lipinski definition) is 4. The number of anilines is 1. The predicted molar refractivity (Wildman–Crippen MR) is 83.2 cm³/mol. The fraction of sp³-hybridized carbons (Fsp3) is 0.625. The van der Waals surface area contributed by atoms with Crippen molar-refractivity contribution in [2.45, 2.75) is 58.1 Å². The summed E-state index contributed by atoms with van der Waals surface area (Å²) >= 11 is 0. The number of carbonyl (C=O) groups is 1. The van der Waals surface area contributed by atoms with Gasteiger partial charge in [0.25, 0.3) is 0 Å². The van der Waals surface area contributed by atoms with E-state index in [1.54, 1.807) is 12.3 Å². The van der Waals surface area contributed by atoms with Crippen LogP contribution >= 0.6 is 0 Å². The van der Waals surface area contributed by atoms with E-state index in [1.807, 2.05) is 19.9 Å². The fourth-order valence-corrected chi connectivity index (χ4v) is 2.69. The lowest BCUT2D eigenvalue weighted by molar-refractivity contribution is -0.120. The molecule has 3 N–H and O–H groups in total. The van der Waals surface area contributed by atoms with Crippen molar-refractivity contribution >= 4 is 11.6 Å². The highest BCUT2D eigenvalue weighted by Gasteiger charge is 2.27. The quantitative estimate of drug-likeness (QED) is 0.836. The largest absolute Gasteiger partial charge is 0.473 e. The summed E-state index contributed by atoms with van der Waals surface area (Å²) < 4.78 is 5.63. The van der Waals surface area contributed by atoms with Crippen molar-refractivity contribution < 1.29 is 9.53 Å². The Morgan fingerprint density at radius 1 is 1.38 bits per heavy atom. The van der Waals surface area contributed by atoms with E-state index in [4.69, 9.17) is 10.5 Å². The topological polar surface area (TPSA) is 77.2 Å². The van der Waals surface area contributed by atoms with E-state index in [0.717, 1.165) is 32.1 Å². The van der Waals surface area contributed by atoms with E-state index in [0.29, 0.717) is 11.6 Å². The van der Waals surface area contributed by atoms with Crippen molar-refractivity contribution in [3.8, 4) is 5.88 Å². The molecule has 1 aromatic heterocycles. The average molecular weight is 291 g/mol. The molecule has 1 saturated carbocycles. The number of nitrogens with two attached hydrogens (primary N) is 1. The third-order valence-electron chi connectivity index (χ3n) is 3.78. The van der Waals surface area contributed by atoms with Crippen LogP contribution in [0.1, 0.15) is 46.0 Å². The van der Waals surface area contributed by atoms with Gasteiger partial charge in [0, 0.05) is 12.2 Å². The van der Waals surface area contributed by atoms with Gasteiger partial charge in [-0.1, -0.05) is 19.3 Å². The van der Waals surface area contributed by atoms with Gasteiger partial charge in [-0.3, -0.25) is 4.79 Å². The van der Waals surface area contributed by atoms with E-state index in [9.17, 15) is 4.79 Å². The lowest BCUT2D eigenvalue weighted by Crippen LogP contribution is -2.37. The lowest BCUT2D eigenvalue weighted by Gasteiger charge is -2.21. The maximum absolute atomic E-state index is 12.5. The molecule has 0 aliphatic heterocycles. The maximum Gasteiger partial charge on any atom is 0.238 e. The first-order chi connectivity index (χ1) is 10.1. The zero-order chi connectivity index (χ0) is 15.2. The fourth-order valence-electron chi connectivity index (χ4n) is 2.69. The second kappa shape index (κ2) is 7.41. The molecule has 0 spiro atoms. The van der Waals surface area contributed by atoms with Crippen LogP contribution in [0.15, 0.2) is 18.3 Å². The molecule has 1 heterocycles. The lowest BCUT2D eigenvalue weighted by atomic mass is 9.94. The monoisotopic (exact) mass is 291 g/mol. The summed E-state index contributed by atoms with van der Waals surface area (Å²) in [7, 11) is 0. The Bertz CT molecular complexity index is 476. The van der Waals surface area contributed by atoms with Gasteiger partial charge < -0.3 is 15.8 Å². The Hall–Kier alpha value is -1.62. The molecule has 1 aromatic rings. The van der Waals surface area contributed by atoms with Crippen LogP contribution in [0.2, 0.25) is 0 Å². The zero-order valence-corrected chi connectivity index (χ0v) is 12.8. The number of aromatic nitrogens is 1. The number of carbonyl (C=O) groups excluding carboxylic acids is 1. The first-order valence-electron chi connectivity index (χ1n) is 7.76. The van der Waals surface area contributed by atoms with Gasteiger partial charge in [-0.25, -0.2) is 4.98 Å². The third-order valence-corrected chi connectivity index (χ3v) is 3.78. The number of amides is 1. The van der Waals surface area contributed by atoms with Gasteiger partial charge >= 0.3 is 0 Å². The van der Waals surface area contributed by atoms with Crippen molar-refractivity contribution in [1.29, 1.82) is 0 Å². The molecule has 1 amide bonds. The molecule has 2 atom stereocenters. The second-order valence-corrected chi connectivity index (χ2v) is 5.92. The molecule has 116 valence electrons. The molecular weight excluding hydrogens is 266 g/mol. The number of nitrogens with zero attached hydrogens (tertiary/aromatic N) is 1. The Morgan fingerprint density at radius 3 is 2.90 bits per heavy atom. The van der Waals surface area contributed by atoms with Gasteiger partial charge in [0.05, 0.1) is 12.0 Å². The van der Waals surface area contributed by atoms with Crippen molar-refractivity contribution in [1.82, 2.24) is 4.98 Å². The average Bonchev–Trinajstić information content (AvgIpc) is 2.65. The number of hydrogen-bond donors (Lipinski definition) is 2. The molecule has 2 unspecified atom stereocenters. The Kier molecular flexibility index (Phi) is 5.56. The maximum atomic E-state index is 12.5. The van der Waals surface area contributed by atoms with Crippen LogP contribution in [0.5, 0.6) is 5.88 Å². The second-order valence-electron chi connectivity index (χ2n) is 5.92. The highest BCUT2D eigenvalue weighted by atomic mass is 16.5. The van der Waals surface area contributed by atoms with Gasteiger partial charge in [-0.15, -0.1) is 0 Å². The number of nitrogens with one attached hydrogen (secondary N) is 1. The zero-order valence-electron chi connectivity index (χ0n) is 12.8. The Balaban J connectivity index is 2.08. The van der Waals surface area contributed by atoms with Crippen molar-refractivity contribution in [3.63, 3.8) is 0 Å². The Labute approximate surface area is 126 Å². The van der Waals surface area contributed by atoms with E-state index >= 15 is 0 Å². The third kappa shape index (κ3) is 4.43. The number of pyridine rings is 1. The summed E-state index contributed by atoms with van der Waals surface area (Å²) in [6, 6.07) is 3.54. The highest BCUT2D eigenvalue weighted by molar-refractivity contribution is 5.94. The smallest absolute Gasteiger partial charge is 0.238 e. The molecule has 21 heavy (non-hydrogen) atoms. The van der Waals surface area contributed by atoms with Crippen molar-refractivity contribution in [2.24, 2.45) is 11.7 Å². The molecule has 0 bridgehead atoms. The van der Waals surface area contributed by atoms with Crippen LogP contribution in [-0.2, 0) is 4.79 Å². The first kappa shape index (κ1) is 15.8. The van der Waals surface area contributed by atoms with E-state index in [1.165, 1.54) is 0 Å².